The molecule has 2 rings (SSSR count). The van der Waals surface area contributed by atoms with Crippen molar-refractivity contribution in [1.82, 2.24) is 0 Å². The summed E-state index contributed by atoms with van der Waals surface area (Å²) >= 11 is 0. The van der Waals surface area contributed by atoms with Crippen molar-refractivity contribution in [2.45, 2.75) is 32.2 Å². The van der Waals surface area contributed by atoms with Gasteiger partial charge in [0.05, 0.1) is 7.11 Å². The zero-order valence-electron chi connectivity index (χ0n) is 12.8. The van der Waals surface area contributed by atoms with E-state index in [1.165, 1.54) is 17.7 Å². The molecule has 2 N–H and O–H groups in total. The summed E-state index contributed by atoms with van der Waals surface area (Å²) in [6, 6.07) is 12.6. The number of halogens is 1. The maximum absolute atomic E-state index is 13.0. The van der Waals surface area contributed by atoms with Crippen molar-refractivity contribution in [3.8, 4) is 5.75 Å². The van der Waals surface area contributed by atoms with Gasteiger partial charge in [-0.05, 0) is 56.0 Å². The fourth-order valence-electron chi connectivity index (χ4n) is 2.61. The van der Waals surface area contributed by atoms with Gasteiger partial charge in [0.15, 0.2) is 0 Å². The highest BCUT2D eigenvalue weighted by atomic mass is 19.1. The SMILES string of the molecule is COc1ccc(C)cc1CC(C)(N)Cc1ccc(F)cc1. The molecule has 3 heteroatoms. The molecule has 0 fully saturated rings. The molecule has 1 atom stereocenters. The number of methoxy groups -OCH3 is 1. The Labute approximate surface area is 125 Å². The van der Waals surface area contributed by atoms with Crippen LogP contribution in [-0.4, -0.2) is 12.6 Å². The molecule has 0 spiro atoms. The Kier molecular flexibility index (Phi) is 4.63. The summed E-state index contributed by atoms with van der Waals surface area (Å²) in [4.78, 5) is 0. The highest BCUT2D eigenvalue weighted by Gasteiger charge is 2.21. The van der Waals surface area contributed by atoms with E-state index in [2.05, 4.69) is 13.0 Å². The van der Waals surface area contributed by atoms with E-state index >= 15 is 0 Å². The molecule has 112 valence electrons. The number of hydrogen-bond acceptors (Lipinski definition) is 2. The summed E-state index contributed by atoms with van der Waals surface area (Å²) in [5.74, 6) is 0.634. The van der Waals surface area contributed by atoms with Crippen LogP contribution in [0, 0.1) is 12.7 Å². The maximum atomic E-state index is 13.0. The Bertz CT molecular complexity index is 605. The molecule has 21 heavy (non-hydrogen) atoms. The van der Waals surface area contributed by atoms with Crippen LogP contribution in [0.3, 0.4) is 0 Å². The van der Waals surface area contributed by atoms with Crippen LogP contribution in [0.1, 0.15) is 23.6 Å². The monoisotopic (exact) mass is 287 g/mol. The first kappa shape index (κ1) is 15.5. The molecular weight excluding hydrogens is 265 g/mol. The van der Waals surface area contributed by atoms with Crippen LogP contribution in [0.15, 0.2) is 42.5 Å². The van der Waals surface area contributed by atoms with Crippen LogP contribution < -0.4 is 10.5 Å². The number of nitrogens with two attached hydrogens (primary N) is 1. The van der Waals surface area contributed by atoms with E-state index in [0.717, 1.165) is 16.9 Å². The fourth-order valence-corrected chi connectivity index (χ4v) is 2.61. The van der Waals surface area contributed by atoms with Gasteiger partial charge in [-0.15, -0.1) is 0 Å². The Morgan fingerprint density at radius 2 is 1.76 bits per heavy atom. The quantitative estimate of drug-likeness (QED) is 0.911. The van der Waals surface area contributed by atoms with E-state index in [1.807, 2.05) is 19.1 Å². The zero-order valence-corrected chi connectivity index (χ0v) is 12.8. The molecule has 0 saturated heterocycles. The van der Waals surface area contributed by atoms with Crippen LogP contribution in [0.25, 0.3) is 0 Å². The van der Waals surface area contributed by atoms with Gasteiger partial charge in [-0.3, -0.25) is 0 Å². The molecule has 0 heterocycles. The van der Waals surface area contributed by atoms with Crippen molar-refractivity contribution in [3.05, 3.63) is 65.0 Å². The molecule has 0 aliphatic carbocycles. The van der Waals surface area contributed by atoms with E-state index in [4.69, 9.17) is 10.5 Å². The van der Waals surface area contributed by atoms with E-state index in [1.54, 1.807) is 19.2 Å². The molecule has 0 bridgehead atoms. The van der Waals surface area contributed by atoms with Gasteiger partial charge in [-0.1, -0.05) is 29.8 Å². The van der Waals surface area contributed by atoms with Crippen LogP contribution in [0.2, 0.25) is 0 Å². The molecule has 0 aliphatic rings. The van der Waals surface area contributed by atoms with E-state index in [-0.39, 0.29) is 5.82 Å². The minimum atomic E-state index is -0.418. The average molecular weight is 287 g/mol. The first-order valence-electron chi connectivity index (χ1n) is 7.06. The average Bonchev–Trinajstić information content (AvgIpc) is 2.41. The molecule has 2 aromatic carbocycles. The molecule has 0 aromatic heterocycles. The minimum Gasteiger partial charge on any atom is -0.496 e. The summed E-state index contributed by atoms with van der Waals surface area (Å²) in [7, 11) is 1.67. The van der Waals surface area contributed by atoms with E-state index < -0.39 is 5.54 Å². The van der Waals surface area contributed by atoms with E-state index in [9.17, 15) is 4.39 Å². The highest BCUT2D eigenvalue weighted by molar-refractivity contribution is 5.38. The van der Waals surface area contributed by atoms with Crippen molar-refractivity contribution in [1.29, 1.82) is 0 Å². The summed E-state index contributed by atoms with van der Waals surface area (Å²) in [6.45, 7) is 4.06. The molecular formula is C18H22FNO. The van der Waals surface area contributed by atoms with E-state index in [0.29, 0.717) is 12.8 Å². The van der Waals surface area contributed by atoms with Gasteiger partial charge < -0.3 is 10.5 Å². The first-order valence-corrected chi connectivity index (χ1v) is 7.06. The molecule has 2 nitrogen and oxygen atoms in total. The van der Waals surface area contributed by atoms with Crippen LogP contribution in [0.4, 0.5) is 4.39 Å². The number of ether oxygens (including phenoxy) is 1. The van der Waals surface area contributed by atoms with Crippen LogP contribution in [-0.2, 0) is 12.8 Å². The van der Waals surface area contributed by atoms with Crippen molar-refractivity contribution < 1.29 is 9.13 Å². The molecule has 0 amide bonds. The third-order valence-electron chi connectivity index (χ3n) is 3.55. The zero-order chi connectivity index (χ0) is 15.5. The number of aryl methyl sites for hydroxylation is 1. The van der Waals surface area contributed by atoms with Crippen molar-refractivity contribution in [2.75, 3.05) is 7.11 Å². The summed E-state index contributed by atoms with van der Waals surface area (Å²) in [6.07, 6.45) is 1.39. The van der Waals surface area contributed by atoms with Crippen LogP contribution in [0.5, 0.6) is 5.75 Å². The Morgan fingerprint density at radius 1 is 1.10 bits per heavy atom. The largest absolute Gasteiger partial charge is 0.496 e. The lowest BCUT2D eigenvalue weighted by atomic mass is 9.87. The lowest BCUT2D eigenvalue weighted by Gasteiger charge is -2.26. The number of rotatable bonds is 5. The van der Waals surface area contributed by atoms with Crippen LogP contribution >= 0.6 is 0 Å². The van der Waals surface area contributed by atoms with Gasteiger partial charge in [0.1, 0.15) is 11.6 Å². The Hall–Kier alpha value is -1.87. The minimum absolute atomic E-state index is 0.224. The van der Waals surface area contributed by atoms with Gasteiger partial charge in [-0.2, -0.15) is 0 Å². The molecule has 2 aromatic rings. The second-order valence-corrected chi connectivity index (χ2v) is 5.95. The smallest absolute Gasteiger partial charge is 0.123 e. The summed E-state index contributed by atoms with van der Waals surface area (Å²) in [5.41, 5.74) is 9.35. The summed E-state index contributed by atoms with van der Waals surface area (Å²) < 4.78 is 18.4. The van der Waals surface area contributed by atoms with Crippen molar-refractivity contribution in [2.24, 2.45) is 5.73 Å². The lowest BCUT2D eigenvalue weighted by Crippen LogP contribution is -2.41. The lowest BCUT2D eigenvalue weighted by molar-refractivity contribution is 0.396. The molecule has 0 saturated carbocycles. The van der Waals surface area contributed by atoms with Gasteiger partial charge in [0.2, 0.25) is 0 Å². The summed E-state index contributed by atoms with van der Waals surface area (Å²) in [5, 5.41) is 0. The number of benzene rings is 2. The molecule has 0 radical (unpaired) electrons. The standard InChI is InChI=1S/C18H22FNO/c1-13-4-9-17(21-3)15(10-13)12-18(2,20)11-14-5-7-16(19)8-6-14/h4-10H,11-12,20H2,1-3H3. The van der Waals surface area contributed by atoms with Crippen molar-refractivity contribution in [3.63, 3.8) is 0 Å². The highest BCUT2D eigenvalue weighted by Crippen LogP contribution is 2.25. The maximum Gasteiger partial charge on any atom is 0.123 e. The van der Waals surface area contributed by atoms with Gasteiger partial charge in [-0.25, -0.2) is 4.39 Å². The van der Waals surface area contributed by atoms with Gasteiger partial charge in [0.25, 0.3) is 0 Å². The normalized spacial score (nSPS) is 13.8. The third-order valence-corrected chi connectivity index (χ3v) is 3.55. The Morgan fingerprint density at radius 3 is 2.38 bits per heavy atom. The van der Waals surface area contributed by atoms with Gasteiger partial charge >= 0.3 is 0 Å². The third kappa shape index (κ3) is 4.30. The van der Waals surface area contributed by atoms with Crippen molar-refractivity contribution >= 4 is 0 Å². The predicted octanol–water partition coefficient (Wildman–Crippen LogP) is 3.65. The number of hydrogen-bond donors (Lipinski definition) is 1. The van der Waals surface area contributed by atoms with Gasteiger partial charge in [0, 0.05) is 5.54 Å². The first-order chi connectivity index (χ1) is 9.89. The fraction of sp³-hybridized carbons (Fsp3) is 0.333. The second-order valence-electron chi connectivity index (χ2n) is 5.95. The predicted molar refractivity (Wildman–Crippen MR) is 84.1 cm³/mol. The molecule has 0 aliphatic heterocycles. The topological polar surface area (TPSA) is 35.2 Å². The molecule has 1 unspecified atom stereocenters. The Balaban J connectivity index is 2.16. The second kappa shape index (κ2) is 6.27.